The average Bonchev–Trinajstić information content (AvgIpc) is 2.75. The van der Waals surface area contributed by atoms with Crippen LogP contribution in [0.5, 0.6) is 11.5 Å². The van der Waals surface area contributed by atoms with Gasteiger partial charge in [-0.15, -0.1) is 0 Å². The van der Waals surface area contributed by atoms with E-state index in [4.69, 9.17) is 15.2 Å². The number of benzene rings is 2. The molecule has 0 radical (unpaired) electrons. The number of nitrogens with one attached hydrogen (secondary N) is 2. The molecule has 9 nitrogen and oxygen atoms in total. The Hall–Kier alpha value is -3.75. The number of carbonyl (C=O) groups is 3. The lowest BCUT2D eigenvalue weighted by Crippen LogP contribution is -2.41. The van der Waals surface area contributed by atoms with Crippen LogP contribution in [-0.2, 0) is 14.4 Å². The van der Waals surface area contributed by atoms with Crippen molar-refractivity contribution in [2.75, 3.05) is 44.1 Å². The van der Waals surface area contributed by atoms with E-state index in [0.29, 0.717) is 17.2 Å². The van der Waals surface area contributed by atoms with Crippen molar-refractivity contribution in [1.82, 2.24) is 5.32 Å². The Labute approximate surface area is 181 Å². The summed E-state index contributed by atoms with van der Waals surface area (Å²) in [6.45, 7) is 1.92. The van der Waals surface area contributed by atoms with E-state index in [0.717, 1.165) is 11.3 Å². The van der Waals surface area contributed by atoms with Crippen LogP contribution in [0.1, 0.15) is 12.0 Å². The summed E-state index contributed by atoms with van der Waals surface area (Å²) in [5.41, 5.74) is 7.47. The molecular weight excluding hydrogens is 400 g/mol. The molecule has 2 aromatic carbocycles. The topological polar surface area (TPSA) is 123 Å². The van der Waals surface area contributed by atoms with Crippen LogP contribution in [0.2, 0.25) is 0 Å². The summed E-state index contributed by atoms with van der Waals surface area (Å²) in [7, 11) is 3.08. The molecule has 0 heterocycles. The summed E-state index contributed by atoms with van der Waals surface area (Å²) in [6, 6.07) is 12.5. The first kappa shape index (κ1) is 23.5. The number of ether oxygens (including phenoxy) is 2. The quantitative estimate of drug-likeness (QED) is 0.498. The highest BCUT2D eigenvalue weighted by Gasteiger charge is 2.15. The number of hydrogen-bond donors (Lipinski definition) is 3. The van der Waals surface area contributed by atoms with Gasteiger partial charge in [0.05, 0.1) is 33.0 Å². The standard InChI is InChI=1S/C22H28N4O5/c1-15-4-9-19(31-3)18(12-15)25-21(28)13-24-22(29)14-26(11-10-20(23)27)16-5-7-17(30-2)8-6-16/h4-9,12H,10-11,13-14H2,1-3H3,(H2,23,27)(H,24,29)(H,25,28). The molecule has 3 amide bonds. The zero-order valence-corrected chi connectivity index (χ0v) is 17.9. The Morgan fingerprint density at radius 3 is 2.32 bits per heavy atom. The third-order valence-electron chi connectivity index (χ3n) is 4.48. The maximum absolute atomic E-state index is 12.4. The highest BCUT2D eigenvalue weighted by Crippen LogP contribution is 2.25. The van der Waals surface area contributed by atoms with Gasteiger partial charge in [-0.1, -0.05) is 6.07 Å². The van der Waals surface area contributed by atoms with Crippen molar-refractivity contribution >= 4 is 29.1 Å². The number of nitrogens with two attached hydrogens (primary N) is 1. The molecule has 0 bridgehead atoms. The number of anilines is 2. The fourth-order valence-corrected chi connectivity index (χ4v) is 2.86. The largest absolute Gasteiger partial charge is 0.497 e. The Morgan fingerprint density at radius 2 is 1.71 bits per heavy atom. The van der Waals surface area contributed by atoms with Gasteiger partial charge in [0.25, 0.3) is 0 Å². The van der Waals surface area contributed by atoms with E-state index in [1.807, 2.05) is 13.0 Å². The Kier molecular flexibility index (Phi) is 8.68. The number of aryl methyl sites for hydroxylation is 1. The number of primary amides is 1. The van der Waals surface area contributed by atoms with Crippen LogP contribution in [0.3, 0.4) is 0 Å². The molecule has 31 heavy (non-hydrogen) atoms. The molecule has 0 saturated carbocycles. The minimum atomic E-state index is -0.467. The molecule has 4 N–H and O–H groups in total. The van der Waals surface area contributed by atoms with Crippen molar-refractivity contribution < 1.29 is 23.9 Å². The van der Waals surface area contributed by atoms with E-state index in [9.17, 15) is 14.4 Å². The summed E-state index contributed by atoms with van der Waals surface area (Å²) in [4.78, 5) is 37.6. The third-order valence-corrected chi connectivity index (χ3v) is 4.48. The second-order valence-corrected chi connectivity index (χ2v) is 6.86. The Balaban J connectivity index is 1.96. The van der Waals surface area contributed by atoms with Crippen molar-refractivity contribution in [3.05, 3.63) is 48.0 Å². The normalized spacial score (nSPS) is 10.2. The van der Waals surface area contributed by atoms with Gasteiger partial charge >= 0.3 is 0 Å². The summed E-state index contributed by atoms with van der Waals surface area (Å²) >= 11 is 0. The summed E-state index contributed by atoms with van der Waals surface area (Å²) in [5, 5.41) is 5.32. The van der Waals surface area contributed by atoms with E-state index >= 15 is 0 Å². The smallest absolute Gasteiger partial charge is 0.243 e. The van der Waals surface area contributed by atoms with E-state index in [1.54, 1.807) is 48.4 Å². The Bertz CT molecular complexity index is 915. The van der Waals surface area contributed by atoms with Crippen LogP contribution in [0.25, 0.3) is 0 Å². The average molecular weight is 428 g/mol. The highest BCUT2D eigenvalue weighted by molar-refractivity contribution is 5.96. The summed E-state index contributed by atoms with van der Waals surface area (Å²) in [5.74, 6) is -0.0175. The summed E-state index contributed by atoms with van der Waals surface area (Å²) in [6.07, 6.45) is 0.0902. The molecule has 0 aliphatic rings. The SMILES string of the molecule is COc1ccc(N(CCC(N)=O)CC(=O)NCC(=O)Nc2cc(C)ccc2OC)cc1. The van der Waals surface area contributed by atoms with E-state index in [2.05, 4.69) is 10.6 Å². The molecule has 0 saturated heterocycles. The van der Waals surface area contributed by atoms with Gasteiger partial charge in [0.2, 0.25) is 17.7 Å². The molecule has 166 valence electrons. The van der Waals surface area contributed by atoms with Gasteiger partial charge in [-0.25, -0.2) is 0 Å². The van der Waals surface area contributed by atoms with E-state index in [-0.39, 0.29) is 37.9 Å². The fraction of sp³-hybridized carbons (Fsp3) is 0.318. The molecule has 0 spiro atoms. The monoisotopic (exact) mass is 428 g/mol. The zero-order valence-electron chi connectivity index (χ0n) is 17.9. The van der Waals surface area contributed by atoms with Crippen LogP contribution in [-0.4, -0.2) is 51.6 Å². The maximum atomic E-state index is 12.4. The molecule has 0 aromatic heterocycles. The summed E-state index contributed by atoms with van der Waals surface area (Å²) < 4.78 is 10.4. The van der Waals surface area contributed by atoms with Crippen LogP contribution in [0.15, 0.2) is 42.5 Å². The van der Waals surface area contributed by atoms with Gasteiger partial charge in [0, 0.05) is 18.7 Å². The molecule has 0 aliphatic carbocycles. The van der Waals surface area contributed by atoms with Crippen molar-refractivity contribution in [2.45, 2.75) is 13.3 Å². The minimum Gasteiger partial charge on any atom is -0.497 e. The minimum absolute atomic E-state index is 0.0410. The fourth-order valence-electron chi connectivity index (χ4n) is 2.86. The first-order valence-electron chi connectivity index (χ1n) is 9.71. The van der Waals surface area contributed by atoms with Crippen molar-refractivity contribution in [3.8, 4) is 11.5 Å². The molecule has 0 unspecified atom stereocenters. The first-order valence-corrected chi connectivity index (χ1v) is 9.71. The molecule has 0 fully saturated rings. The van der Waals surface area contributed by atoms with Crippen molar-refractivity contribution in [1.29, 1.82) is 0 Å². The van der Waals surface area contributed by atoms with E-state index in [1.165, 1.54) is 7.11 Å². The second-order valence-electron chi connectivity index (χ2n) is 6.86. The number of rotatable bonds is 11. The Morgan fingerprint density at radius 1 is 1.00 bits per heavy atom. The van der Waals surface area contributed by atoms with Crippen LogP contribution in [0.4, 0.5) is 11.4 Å². The van der Waals surface area contributed by atoms with E-state index < -0.39 is 5.91 Å². The number of hydrogen-bond acceptors (Lipinski definition) is 6. The zero-order chi connectivity index (χ0) is 22.8. The second kappa shape index (κ2) is 11.4. The molecule has 2 rings (SSSR count). The lowest BCUT2D eigenvalue weighted by atomic mass is 10.2. The van der Waals surface area contributed by atoms with Crippen LogP contribution < -0.4 is 30.7 Å². The third kappa shape index (κ3) is 7.54. The van der Waals surface area contributed by atoms with Gasteiger partial charge < -0.3 is 30.7 Å². The van der Waals surface area contributed by atoms with Crippen molar-refractivity contribution in [2.24, 2.45) is 5.73 Å². The van der Waals surface area contributed by atoms with Gasteiger partial charge in [-0.2, -0.15) is 0 Å². The molecule has 2 aromatic rings. The number of amides is 3. The van der Waals surface area contributed by atoms with Crippen molar-refractivity contribution in [3.63, 3.8) is 0 Å². The lowest BCUT2D eigenvalue weighted by Gasteiger charge is -2.24. The lowest BCUT2D eigenvalue weighted by molar-refractivity contribution is -0.123. The maximum Gasteiger partial charge on any atom is 0.243 e. The van der Waals surface area contributed by atoms with Gasteiger partial charge in [-0.3, -0.25) is 14.4 Å². The predicted molar refractivity (Wildman–Crippen MR) is 118 cm³/mol. The first-order chi connectivity index (χ1) is 14.8. The van der Waals surface area contributed by atoms with Gasteiger partial charge in [-0.05, 0) is 48.9 Å². The molecule has 0 aliphatic heterocycles. The number of nitrogens with zero attached hydrogens (tertiary/aromatic N) is 1. The van der Waals surface area contributed by atoms with Crippen LogP contribution >= 0.6 is 0 Å². The van der Waals surface area contributed by atoms with Gasteiger partial charge in [0.15, 0.2) is 0 Å². The molecule has 0 atom stereocenters. The predicted octanol–water partition coefficient (Wildman–Crippen LogP) is 1.45. The highest BCUT2D eigenvalue weighted by atomic mass is 16.5. The van der Waals surface area contributed by atoms with Gasteiger partial charge in [0.1, 0.15) is 11.5 Å². The van der Waals surface area contributed by atoms with Crippen LogP contribution in [0, 0.1) is 6.92 Å². The molecule has 9 heteroatoms. The number of carbonyl (C=O) groups excluding carboxylic acids is 3. The molecular formula is C22H28N4O5. The number of methoxy groups -OCH3 is 2.